The summed E-state index contributed by atoms with van der Waals surface area (Å²) in [5.41, 5.74) is 2.29. The van der Waals surface area contributed by atoms with Gasteiger partial charge in [0.05, 0.1) is 19.3 Å². The number of para-hydroxylation sites is 2. The predicted molar refractivity (Wildman–Crippen MR) is 131 cm³/mol. The number of benzene rings is 3. The van der Waals surface area contributed by atoms with Crippen LogP contribution in [0.25, 0.3) is 0 Å². The Morgan fingerprint density at radius 2 is 1.76 bits per heavy atom. The van der Waals surface area contributed by atoms with Gasteiger partial charge >= 0.3 is 0 Å². The van der Waals surface area contributed by atoms with Crippen LogP contribution in [0.5, 0.6) is 5.75 Å². The summed E-state index contributed by atoms with van der Waals surface area (Å²) in [6, 6.07) is 27.4. The summed E-state index contributed by atoms with van der Waals surface area (Å²) < 4.78 is 9.89. The molecule has 0 unspecified atom stereocenters. The van der Waals surface area contributed by atoms with Gasteiger partial charge in [-0.05, 0) is 53.9 Å². The highest BCUT2D eigenvalue weighted by Gasteiger charge is 2.11. The van der Waals surface area contributed by atoms with Crippen molar-refractivity contribution in [1.29, 1.82) is 0 Å². The molecule has 166 valence electrons. The van der Waals surface area contributed by atoms with Gasteiger partial charge in [0.1, 0.15) is 11.4 Å². The molecule has 2 N–H and O–H groups in total. The Balaban J connectivity index is 1.44. The summed E-state index contributed by atoms with van der Waals surface area (Å²) in [4.78, 5) is 25.9. The van der Waals surface area contributed by atoms with E-state index in [1.165, 1.54) is 28.8 Å². The van der Waals surface area contributed by atoms with Crippen molar-refractivity contribution in [2.24, 2.45) is 0 Å². The molecule has 0 radical (unpaired) electrons. The lowest BCUT2D eigenvalue weighted by Gasteiger charge is -2.11. The van der Waals surface area contributed by atoms with Gasteiger partial charge in [-0.1, -0.05) is 48.5 Å². The molecule has 1 amide bonds. The molecule has 0 aliphatic rings. The monoisotopic (exact) mass is 458 g/mol. The highest BCUT2D eigenvalue weighted by Crippen LogP contribution is 2.29. The summed E-state index contributed by atoms with van der Waals surface area (Å²) in [6.07, 6.45) is 0. The summed E-state index contributed by atoms with van der Waals surface area (Å²) in [6.45, 7) is 0.293. The second kappa shape index (κ2) is 10.5. The normalized spacial score (nSPS) is 10.5. The summed E-state index contributed by atoms with van der Waals surface area (Å²) in [5, 5.41) is 7.09. The van der Waals surface area contributed by atoms with Crippen LogP contribution in [0.2, 0.25) is 0 Å². The number of carbonyl (C=O) groups excluding carboxylic acids is 1. The molecule has 0 bridgehead atoms. The van der Waals surface area contributed by atoms with E-state index >= 15 is 0 Å². The Morgan fingerprint density at radius 1 is 0.970 bits per heavy atom. The Morgan fingerprint density at radius 3 is 2.58 bits per heavy atom. The van der Waals surface area contributed by atoms with Crippen molar-refractivity contribution in [2.75, 3.05) is 17.1 Å². The van der Waals surface area contributed by atoms with Crippen LogP contribution in [0.15, 0.2) is 101 Å². The first-order chi connectivity index (χ1) is 16.1. The second-order valence-corrected chi connectivity index (χ2v) is 7.97. The fraction of sp³-hybridized carbons (Fsp3) is 0.0800. The minimum absolute atomic E-state index is 0.163. The SMILES string of the molecule is COc1ccccc1NSc1cccc(NC(=O)c2ccc(=O)n(Cc3ccccc3)n2)c1. The van der Waals surface area contributed by atoms with E-state index in [0.717, 1.165) is 21.9 Å². The van der Waals surface area contributed by atoms with E-state index in [1.807, 2.05) is 72.8 Å². The average molecular weight is 459 g/mol. The van der Waals surface area contributed by atoms with Gasteiger partial charge in [0, 0.05) is 16.6 Å². The lowest BCUT2D eigenvalue weighted by molar-refractivity contribution is 0.102. The molecule has 0 aliphatic carbocycles. The number of hydrogen-bond acceptors (Lipinski definition) is 6. The number of aromatic nitrogens is 2. The zero-order chi connectivity index (χ0) is 23.0. The van der Waals surface area contributed by atoms with Gasteiger partial charge in [0.2, 0.25) is 0 Å². The van der Waals surface area contributed by atoms with E-state index in [4.69, 9.17) is 4.74 Å². The highest BCUT2D eigenvalue weighted by molar-refractivity contribution is 8.00. The molecule has 3 aromatic carbocycles. The van der Waals surface area contributed by atoms with Crippen molar-refractivity contribution in [3.8, 4) is 5.75 Å². The maximum absolute atomic E-state index is 12.8. The van der Waals surface area contributed by atoms with Gasteiger partial charge in [-0.25, -0.2) is 4.68 Å². The number of carbonyl (C=O) groups is 1. The fourth-order valence-corrected chi connectivity index (χ4v) is 3.84. The minimum atomic E-state index is -0.392. The summed E-state index contributed by atoms with van der Waals surface area (Å²) in [5.74, 6) is 0.350. The molecule has 0 saturated carbocycles. The Hall–Kier alpha value is -4.04. The molecule has 0 aliphatic heterocycles. The maximum atomic E-state index is 12.8. The van der Waals surface area contributed by atoms with E-state index in [2.05, 4.69) is 15.1 Å². The molecule has 4 aromatic rings. The minimum Gasteiger partial charge on any atom is -0.495 e. The van der Waals surface area contributed by atoms with Gasteiger partial charge in [0.15, 0.2) is 0 Å². The number of methoxy groups -OCH3 is 1. The van der Waals surface area contributed by atoms with Gasteiger partial charge in [-0.2, -0.15) is 5.10 Å². The summed E-state index contributed by atoms with van der Waals surface area (Å²) >= 11 is 1.40. The standard InChI is InChI=1S/C25H22N4O3S/c1-32-23-13-6-5-12-21(23)28-33-20-11-7-10-19(16-20)26-25(31)22-14-15-24(30)29(27-22)17-18-8-3-2-4-9-18/h2-16,28H,17H2,1H3,(H,26,31). The first-order valence-electron chi connectivity index (χ1n) is 10.2. The molecule has 0 spiro atoms. The van der Waals surface area contributed by atoms with E-state index in [-0.39, 0.29) is 11.3 Å². The van der Waals surface area contributed by atoms with Crippen molar-refractivity contribution in [1.82, 2.24) is 9.78 Å². The molecule has 7 nitrogen and oxygen atoms in total. The van der Waals surface area contributed by atoms with Gasteiger partial charge < -0.3 is 14.8 Å². The molecular weight excluding hydrogens is 436 g/mol. The first kappa shape index (κ1) is 22.2. The van der Waals surface area contributed by atoms with Gasteiger partial charge in [-0.3, -0.25) is 9.59 Å². The molecule has 4 rings (SSSR count). The van der Waals surface area contributed by atoms with Crippen LogP contribution in [0, 0.1) is 0 Å². The number of nitrogens with one attached hydrogen (secondary N) is 2. The second-order valence-electron chi connectivity index (χ2n) is 7.09. The van der Waals surface area contributed by atoms with E-state index in [1.54, 1.807) is 13.2 Å². The molecule has 8 heteroatoms. The van der Waals surface area contributed by atoms with Crippen LogP contribution < -0.4 is 20.3 Å². The van der Waals surface area contributed by atoms with Crippen molar-refractivity contribution in [3.05, 3.63) is 113 Å². The molecule has 1 aromatic heterocycles. The number of hydrogen-bond donors (Lipinski definition) is 2. The number of anilines is 2. The van der Waals surface area contributed by atoms with Crippen LogP contribution >= 0.6 is 11.9 Å². The van der Waals surface area contributed by atoms with Crippen molar-refractivity contribution < 1.29 is 9.53 Å². The van der Waals surface area contributed by atoms with E-state index in [9.17, 15) is 9.59 Å². The van der Waals surface area contributed by atoms with Crippen LogP contribution in [-0.4, -0.2) is 22.8 Å². The number of ether oxygens (including phenoxy) is 1. The Kier molecular flexibility index (Phi) is 7.06. The number of rotatable bonds is 8. The lowest BCUT2D eigenvalue weighted by atomic mass is 10.2. The molecule has 0 saturated heterocycles. The third-order valence-corrected chi connectivity index (χ3v) is 5.56. The zero-order valence-corrected chi connectivity index (χ0v) is 18.7. The van der Waals surface area contributed by atoms with Crippen molar-refractivity contribution >= 4 is 29.2 Å². The number of amides is 1. The molecular formula is C25H22N4O3S. The fourth-order valence-electron chi connectivity index (χ4n) is 3.11. The van der Waals surface area contributed by atoms with Crippen molar-refractivity contribution in [2.45, 2.75) is 11.4 Å². The van der Waals surface area contributed by atoms with E-state index < -0.39 is 5.91 Å². The molecule has 1 heterocycles. The summed E-state index contributed by atoms with van der Waals surface area (Å²) in [7, 11) is 1.62. The predicted octanol–water partition coefficient (Wildman–Crippen LogP) is 4.67. The smallest absolute Gasteiger partial charge is 0.276 e. The van der Waals surface area contributed by atoms with Crippen LogP contribution in [-0.2, 0) is 6.54 Å². The van der Waals surface area contributed by atoms with Gasteiger partial charge in [0.25, 0.3) is 11.5 Å². The van der Waals surface area contributed by atoms with Gasteiger partial charge in [-0.15, -0.1) is 0 Å². The number of nitrogens with zero attached hydrogens (tertiary/aromatic N) is 2. The molecule has 0 atom stereocenters. The Labute approximate surface area is 195 Å². The van der Waals surface area contributed by atoms with Crippen LogP contribution in [0.3, 0.4) is 0 Å². The quantitative estimate of drug-likeness (QED) is 0.373. The highest BCUT2D eigenvalue weighted by atomic mass is 32.2. The third kappa shape index (κ3) is 5.81. The first-order valence-corrected chi connectivity index (χ1v) is 11.0. The largest absolute Gasteiger partial charge is 0.495 e. The average Bonchev–Trinajstić information content (AvgIpc) is 2.85. The zero-order valence-electron chi connectivity index (χ0n) is 17.9. The van der Waals surface area contributed by atoms with E-state index in [0.29, 0.717) is 12.2 Å². The lowest BCUT2D eigenvalue weighted by Crippen LogP contribution is -2.26. The van der Waals surface area contributed by atoms with Crippen LogP contribution in [0.1, 0.15) is 16.1 Å². The van der Waals surface area contributed by atoms with Crippen LogP contribution in [0.4, 0.5) is 11.4 Å². The molecule has 0 fully saturated rings. The topological polar surface area (TPSA) is 85.3 Å². The Bertz CT molecular complexity index is 1310. The third-order valence-electron chi connectivity index (χ3n) is 4.75. The van der Waals surface area contributed by atoms with Crippen molar-refractivity contribution in [3.63, 3.8) is 0 Å². The molecule has 33 heavy (non-hydrogen) atoms. The maximum Gasteiger partial charge on any atom is 0.276 e.